The van der Waals surface area contributed by atoms with E-state index in [0.29, 0.717) is 13.2 Å². The summed E-state index contributed by atoms with van der Waals surface area (Å²) in [6.07, 6.45) is 2.28. The zero-order valence-corrected chi connectivity index (χ0v) is 18.3. The minimum atomic E-state index is -0.807. The zero-order chi connectivity index (χ0) is 22.5. The average Bonchev–Trinajstić information content (AvgIpc) is 3.30. The second-order valence-corrected chi connectivity index (χ2v) is 7.67. The predicted molar refractivity (Wildman–Crippen MR) is 118 cm³/mol. The summed E-state index contributed by atoms with van der Waals surface area (Å²) in [5.74, 6) is -1.11. The van der Waals surface area contributed by atoms with Gasteiger partial charge in [0, 0.05) is 30.7 Å². The Morgan fingerprint density at radius 1 is 1.29 bits per heavy atom. The fourth-order valence-corrected chi connectivity index (χ4v) is 4.12. The molecule has 0 saturated carbocycles. The van der Waals surface area contributed by atoms with E-state index in [1.165, 1.54) is 6.08 Å². The lowest BCUT2D eigenvalue weighted by Gasteiger charge is -2.17. The molecule has 1 amide bonds. The molecule has 0 N–H and O–H groups in total. The maximum Gasteiger partial charge on any atom is 0.349 e. The van der Waals surface area contributed by atoms with E-state index in [-0.39, 0.29) is 17.5 Å². The highest BCUT2D eigenvalue weighted by Crippen LogP contribution is 2.27. The standard InChI is InChI=1S/C24H27N3O4/c1-16-11-20(18(3)27(16)17(2)14-30-4)12-21(13-25)24(29)31-15-23(28)26-10-9-19-7-5-6-8-22(19)26/h5-8,11-12,17H,9-10,14-15H2,1-4H3/b21-12+/t17-/m1/s1. The molecule has 0 spiro atoms. The van der Waals surface area contributed by atoms with Gasteiger partial charge in [-0.2, -0.15) is 5.26 Å². The lowest BCUT2D eigenvalue weighted by molar-refractivity contribution is -0.143. The van der Waals surface area contributed by atoms with Crippen LogP contribution >= 0.6 is 0 Å². The van der Waals surface area contributed by atoms with E-state index in [4.69, 9.17) is 9.47 Å². The van der Waals surface area contributed by atoms with Crippen LogP contribution in [0.3, 0.4) is 0 Å². The van der Waals surface area contributed by atoms with Gasteiger partial charge >= 0.3 is 5.97 Å². The number of nitriles is 1. The average molecular weight is 421 g/mol. The number of aromatic nitrogens is 1. The number of methoxy groups -OCH3 is 1. The molecule has 1 aliphatic rings. The van der Waals surface area contributed by atoms with Crippen molar-refractivity contribution in [2.45, 2.75) is 33.2 Å². The molecule has 0 saturated heterocycles. The third-order valence-corrected chi connectivity index (χ3v) is 5.53. The molecule has 0 radical (unpaired) electrons. The van der Waals surface area contributed by atoms with Gasteiger partial charge in [0.25, 0.3) is 5.91 Å². The molecule has 31 heavy (non-hydrogen) atoms. The molecule has 1 aliphatic heterocycles. The van der Waals surface area contributed by atoms with Crippen molar-refractivity contribution in [2.24, 2.45) is 0 Å². The number of esters is 1. The first-order valence-electron chi connectivity index (χ1n) is 10.2. The Labute approximate surface area is 182 Å². The van der Waals surface area contributed by atoms with Crippen LogP contribution in [0, 0.1) is 25.2 Å². The molecule has 0 fully saturated rings. The Bertz CT molecular complexity index is 1060. The van der Waals surface area contributed by atoms with Crippen LogP contribution in [0.1, 0.15) is 35.5 Å². The third-order valence-electron chi connectivity index (χ3n) is 5.53. The van der Waals surface area contributed by atoms with Crippen LogP contribution in [0.2, 0.25) is 0 Å². The van der Waals surface area contributed by atoms with Gasteiger partial charge in [0.15, 0.2) is 6.61 Å². The summed E-state index contributed by atoms with van der Waals surface area (Å²) >= 11 is 0. The van der Waals surface area contributed by atoms with Crippen molar-refractivity contribution in [3.8, 4) is 6.07 Å². The molecule has 2 heterocycles. The molecular formula is C24H27N3O4. The van der Waals surface area contributed by atoms with Crippen LogP contribution in [0.25, 0.3) is 6.08 Å². The number of anilines is 1. The molecule has 1 aromatic heterocycles. The van der Waals surface area contributed by atoms with Crippen molar-refractivity contribution in [3.05, 3.63) is 58.4 Å². The summed E-state index contributed by atoms with van der Waals surface area (Å²) in [4.78, 5) is 26.6. The van der Waals surface area contributed by atoms with Crippen molar-refractivity contribution in [2.75, 3.05) is 31.8 Å². The fraction of sp³-hybridized carbons (Fsp3) is 0.375. The summed E-state index contributed by atoms with van der Waals surface area (Å²) in [6.45, 7) is 6.64. The summed E-state index contributed by atoms with van der Waals surface area (Å²) < 4.78 is 12.5. The van der Waals surface area contributed by atoms with Gasteiger partial charge in [-0.25, -0.2) is 4.79 Å². The normalized spacial score (nSPS) is 14.2. The lowest BCUT2D eigenvalue weighted by Crippen LogP contribution is -2.33. The van der Waals surface area contributed by atoms with E-state index >= 15 is 0 Å². The van der Waals surface area contributed by atoms with E-state index in [9.17, 15) is 14.9 Å². The number of amides is 1. The summed E-state index contributed by atoms with van der Waals surface area (Å²) in [6, 6.07) is 11.6. The highest BCUT2D eigenvalue weighted by molar-refractivity contribution is 6.01. The molecule has 0 unspecified atom stereocenters. The minimum Gasteiger partial charge on any atom is -0.451 e. The van der Waals surface area contributed by atoms with E-state index in [2.05, 4.69) is 4.57 Å². The van der Waals surface area contributed by atoms with Crippen LogP contribution in [-0.4, -0.2) is 43.3 Å². The molecule has 3 rings (SSSR count). The molecule has 162 valence electrons. The van der Waals surface area contributed by atoms with Gasteiger partial charge in [0.2, 0.25) is 0 Å². The molecule has 1 atom stereocenters. The van der Waals surface area contributed by atoms with Gasteiger partial charge in [-0.15, -0.1) is 0 Å². The second kappa shape index (κ2) is 9.63. The summed E-state index contributed by atoms with van der Waals surface area (Å²) in [5.41, 5.74) is 4.48. The summed E-state index contributed by atoms with van der Waals surface area (Å²) in [7, 11) is 1.65. The SMILES string of the molecule is COC[C@@H](C)n1c(C)cc(/C=C(\C#N)C(=O)OCC(=O)N2CCc3ccccc32)c1C. The van der Waals surface area contributed by atoms with Gasteiger partial charge in [-0.3, -0.25) is 4.79 Å². The van der Waals surface area contributed by atoms with E-state index in [1.54, 1.807) is 12.0 Å². The van der Waals surface area contributed by atoms with Crippen molar-refractivity contribution in [1.82, 2.24) is 4.57 Å². The maximum atomic E-state index is 12.6. The number of benzene rings is 1. The quantitative estimate of drug-likeness (QED) is 0.389. The topological polar surface area (TPSA) is 84.6 Å². The lowest BCUT2D eigenvalue weighted by atomic mass is 10.1. The highest BCUT2D eigenvalue weighted by atomic mass is 16.5. The van der Waals surface area contributed by atoms with Crippen LogP contribution in [-0.2, 0) is 25.5 Å². The number of carbonyl (C=O) groups is 2. The summed E-state index contributed by atoms with van der Waals surface area (Å²) in [5, 5.41) is 9.48. The molecule has 7 heteroatoms. The molecule has 0 aliphatic carbocycles. The first kappa shape index (κ1) is 22.3. The molecule has 0 bridgehead atoms. The van der Waals surface area contributed by atoms with Crippen molar-refractivity contribution in [1.29, 1.82) is 5.26 Å². The number of hydrogen-bond acceptors (Lipinski definition) is 5. The van der Waals surface area contributed by atoms with E-state index < -0.39 is 12.6 Å². The van der Waals surface area contributed by atoms with Gasteiger partial charge in [0.1, 0.15) is 11.6 Å². The van der Waals surface area contributed by atoms with E-state index in [0.717, 1.165) is 34.6 Å². The predicted octanol–water partition coefficient (Wildman–Crippen LogP) is 3.35. The molecule has 2 aromatic rings. The Balaban J connectivity index is 1.70. The Morgan fingerprint density at radius 3 is 2.74 bits per heavy atom. The number of ether oxygens (including phenoxy) is 2. The molecule has 1 aromatic carbocycles. The van der Waals surface area contributed by atoms with Crippen molar-refractivity contribution < 1.29 is 19.1 Å². The van der Waals surface area contributed by atoms with Crippen LogP contribution < -0.4 is 4.90 Å². The third kappa shape index (κ3) is 4.70. The number of aryl methyl sites for hydroxylation is 1. The number of fused-ring (bicyclic) bond motifs is 1. The van der Waals surface area contributed by atoms with Gasteiger partial charge in [-0.05, 0) is 56.5 Å². The van der Waals surface area contributed by atoms with Crippen LogP contribution in [0.4, 0.5) is 5.69 Å². The van der Waals surface area contributed by atoms with Gasteiger partial charge < -0.3 is 18.9 Å². The smallest absolute Gasteiger partial charge is 0.349 e. The first-order chi connectivity index (χ1) is 14.9. The maximum absolute atomic E-state index is 12.6. The number of para-hydroxylation sites is 1. The minimum absolute atomic E-state index is 0.116. The Hall–Kier alpha value is -3.37. The number of carbonyl (C=O) groups excluding carboxylic acids is 2. The molecular weight excluding hydrogens is 394 g/mol. The Morgan fingerprint density at radius 2 is 2.03 bits per heavy atom. The van der Waals surface area contributed by atoms with Crippen molar-refractivity contribution >= 4 is 23.6 Å². The van der Waals surface area contributed by atoms with Crippen molar-refractivity contribution in [3.63, 3.8) is 0 Å². The molecule has 7 nitrogen and oxygen atoms in total. The number of hydrogen-bond donors (Lipinski definition) is 0. The first-order valence-corrected chi connectivity index (χ1v) is 10.2. The van der Waals surface area contributed by atoms with E-state index in [1.807, 2.05) is 57.2 Å². The number of rotatable bonds is 7. The highest BCUT2D eigenvalue weighted by Gasteiger charge is 2.25. The van der Waals surface area contributed by atoms with Crippen LogP contribution in [0.15, 0.2) is 35.9 Å². The van der Waals surface area contributed by atoms with Gasteiger partial charge in [-0.1, -0.05) is 18.2 Å². The largest absolute Gasteiger partial charge is 0.451 e. The number of nitrogens with zero attached hydrogens (tertiary/aromatic N) is 3. The monoisotopic (exact) mass is 421 g/mol. The fourth-order valence-electron chi connectivity index (χ4n) is 4.12. The Kier molecular flexibility index (Phi) is 6.93. The second-order valence-electron chi connectivity index (χ2n) is 7.67. The zero-order valence-electron chi connectivity index (χ0n) is 18.3. The van der Waals surface area contributed by atoms with Gasteiger partial charge in [0.05, 0.1) is 12.6 Å². The van der Waals surface area contributed by atoms with Crippen LogP contribution in [0.5, 0.6) is 0 Å².